The van der Waals surface area contributed by atoms with Crippen molar-refractivity contribution in [1.82, 2.24) is 0 Å². The van der Waals surface area contributed by atoms with E-state index in [9.17, 15) is 13.6 Å². The van der Waals surface area contributed by atoms with Crippen molar-refractivity contribution in [2.24, 2.45) is 5.92 Å². The van der Waals surface area contributed by atoms with Crippen LogP contribution >= 0.6 is 0 Å². The van der Waals surface area contributed by atoms with Crippen LogP contribution in [0, 0.1) is 17.6 Å². The number of anilines is 2. The van der Waals surface area contributed by atoms with Gasteiger partial charge in [-0.3, -0.25) is 4.79 Å². The quantitative estimate of drug-likeness (QED) is 0.619. The van der Waals surface area contributed by atoms with Crippen LogP contribution in [-0.2, 0) is 22.4 Å². The molecule has 4 N–H and O–H groups in total. The minimum Gasteiger partial charge on any atom is -0.466 e. The molecule has 18 heavy (non-hydrogen) atoms. The van der Waals surface area contributed by atoms with Gasteiger partial charge < -0.3 is 16.2 Å². The molecule has 0 atom stereocenters. The van der Waals surface area contributed by atoms with E-state index < -0.39 is 34.9 Å². The number of rotatable bonds is 2. The van der Waals surface area contributed by atoms with Crippen LogP contribution in [0.25, 0.3) is 0 Å². The lowest BCUT2D eigenvalue weighted by molar-refractivity contribution is -0.147. The normalized spacial score (nSPS) is 14.6. The van der Waals surface area contributed by atoms with Gasteiger partial charge >= 0.3 is 5.97 Å². The molecule has 0 heterocycles. The van der Waals surface area contributed by atoms with Gasteiger partial charge in [0.15, 0.2) is 11.6 Å². The summed E-state index contributed by atoms with van der Waals surface area (Å²) in [6.45, 7) is 1.91. The average molecular weight is 256 g/mol. The molecule has 0 fully saturated rings. The molecule has 0 saturated heterocycles. The number of nitrogen functional groups attached to an aromatic ring is 2. The van der Waals surface area contributed by atoms with Gasteiger partial charge in [0.2, 0.25) is 0 Å². The summed E-state index contributed by atoms with van der Waals surface area (Å²) in [5, 5.41) is 0. The smallest absolute Gasteiger partial charge is 0.309 e. The number of hydrogen-bond acceptors (Lipinski definition) is 4. The number of benzene rings is 1. The third kappa shape index (κ3) is 1.77. The van der Waals surface area contributed by atoms with E-state index in [4.69, 9.17) is 16.2 Å². The first-order chi connectivity index (χ1) is 8.47. The Morgan fingerprint density at radius 2 is 1.67 bits per heavy atom. The Bertz CT molecular complexity index is 481. The molecule has 2 rings (SSSR count). The van der Waals surface area contributed by atoms with Gasteiger partial charge in [0.25, 0.3) is 0 Å². The molecular weight excluding hydrogens is 242 g/mol. The van der Waals surface area contributed by atoms with Gasteiger partial charge in [-0.25, -0.2) is 8.78 Å². The zero-order chi connectivity index (χ0) is 13.4. The van der Waals surface area contributed by atoms with E-state index in [0.717, 1.165) is 0 Å². The predicted molar refractivity (Wildman–Crippen MR) is 62.7 cm³/mol. The Labute approximate surface area is 103 Å². The first-order valence-electron chi connectivity index (χ1n) is 5.67. The molecule has 1 aromatic carbocycles. The molecule has 0 spiro atoms. The number of fused-ring (bicyclic) bond motifs is 1. The van der Waals surface area contributed by atoms with Gasteiger partial charge in [-0.15, -0.1) is 0 Å². The van der Waals surface area contributed by atoms with Crippen molar-refractivity contribution < 1.29 is 18.3 Å². The molecule has 98 valence electrons. The summed E-state index contributed by atoms with van der Waals surface area (Å²) < 4.78 is 32.5. The Kier molecular flexibility index (Phi) is 3.11. The highest BCUT2D eigenvalue weighted by Crippen LogP contribution is 2.37. The number of hydrogen-bond donors (Lipinski definition) is 2. The van der Waals surface area contributed by atoms with E-state index in [1.807, 2.05) is 0 Å². The number of esters is 1. The number of carbonyl (C=O) groups is 1. The Morgan fingerprint density at radius 3 is 2.06 bits per heavy atom. The van der Waals surface area contributed by atoms with Crippen molar-refractivity contribution in [3.8, 4) is 0 Å². The van der Waals surface area contributed by atoms with E-state index in [1.54, 1.807) is 6.92 Å². The van der Waals surface area contributed by atoms with Crippen LogP contribution in [0.1, 0.15) is 18.1 Å². The summed E-state index contributed by atoms with van der Waals surface area (Å²) in [5.41, 5.74) is 10.2. The zero-order valence-corrected chi connectivity index (χ0v) is 9.93. The van der Waals surface area contributed by atoms with E-state index in [2.05, 4.69) is 0 Å². The largest absolute Gasteiger partial charge is 0.466 e. The second-order valence-corrected chi connectivity index (χ2v) is 4.27. The fourth-order valence-corrected chi connectivity index (χ4v) is 2.24. The van der Waals surface area contributed by atoms with Gasteiger partial charge in [0.1, 0.15) is 0 Å². The van der Waals surface area contributed by atoms with Crippen LogP contribution in [0.15, 0.2) is 0 Å². The Morgan fingerprint density at radius 1 is 1.22 bits per heavy atom. The van der Waals surface area contributed by atoms with E-state index in [1.165, 1.54) is 0 Å². The Balaban J connectivity index is 2.38. The molecule has 1 aromatic rings. The Hall–Kier alpha value is -1.85. The van der Waals surface area contributed by atoms with E-state index in [0.29, 0.717) is 0 Å². The maximum absolute atomic E-state index is 13.8. The molecule has 1 aliphatic rings. The predicted octanol–water partition coefficient (Wildman–Crippen LogP) is 1.41. The maximum atomic E-state index is 13.8. The number of nitrogens with two attached hydrogens (primary N) is 2. The first-order valence-corrected chi connectivity index (χ1v) is 5.67. The number of halogens is 2. The molecule has 0 bridgehead atoms. The van der Waals surface area contributed by atoms with Crippen molar-refractivity contribution in [2.45, 2.75) is 19.8 Å². The summed E-state index contributed by atoms with van der Waals surface area (Å²) in [6.07, 6.45) is 0.197. The molecule has 0 aromatic heterocycles. The van der Waals surface area contributed by atoms with Crippen molar-refractivity contribution >= 4 is 17.3 Å². The fraction of sp³-hybridized carbons (Fsp3) is 0.417. The van der Waals surface area contributed by atoms with E-state index >= 15 is 0 Å². The molecule has 1 aliphatic carbocycles. The highest BCUT2D eigenvalue weighted by molar-refractivity contribution is 5.76. The highest BCUT2D eigenvalue weighted by Gasteiger charge is 2.35. The van der Waals surface area contributed by atoms with Crippen LogP contribution in [0.3, 0.4) is 0 Å². The van der Waals surface area contributed by atoms with Crippen LogP contribution in [0.5, 0.6) is 0 Å². The molecule has 0 aliphatic heterocycles. The van der Waals surface area contributed by atoms with Gasteiger partial charge in [0.05, 0.1) is 23.9 Å². The van der Waals surface area contributed by atoms with E-state index in [-0.39, 0.29) is 30.6 Å². The lowest BCUT2D eigenvalue weighted by Crippen LogP contribution is -2.18. The molecule has 0 radical (unpaired) electrons. The molecule has 6 heteroatoms. The van der Waals surface area contributed by atoms with Crippen molar-refractivity contribution in [3.05, 3.63) is 22.8 Å². The highest BCUT2D eigenvalue weighted by atomic mass is 19.1. The lowest BCUT2D eigenvalue weighted by Gasteiger charge is -2.09. The van der Waals surface area contributed by atoms with Crippen molar-refractivity contribution in [3.63, 3.8) is 0 Å². The third-order valence-electron chi connectivity index (χ3n) is 3.18. The fourth-order valence-electron chi connectivity index (χ4n) is 2.24. The minimum absolute atomic E-state index is 0.0986. The maximum Gasteiger partial charge on any atom is 0.309 e. The molecule has 0 amide bonds. The first kappa shape index (κ1) is 12.6. The summed E-state index contributed by atoms with van der Waals surface area (Å²) in [6, 6.07) is 0. The van der Waals surface area contributed by atoms with Crippen LogP contribution in [0.2, 0.25) is 0 Å². The topological polar surface area (TPSA) is 78.3 Å². The standard InChI is InChI=1S/C12H14F2N2O2/c1-2-18-12(17)5-3-6-7(4-5)9(14)11(16)10(15)8(6)13/h5H,2-4,15-16H2,1H3. The molecule has 0 unspecified atom stereocenters. The minimum atomic E-state index is -0.726. The van der Waals surface area contributed by atoms with Crippen LogP contribution in [0.4, 0.5) is 20.2 Å². The summed E-state index contributed by atoms with van der Waals surface area (Å²) in [5.74, 6) is -2.47. The third-order valence-corrected chi connectivity index (χ3v) is 3.18. The van der Waals surface area contributed by atoms with Crippen LogP contribution in [-0.4, -0.2) is 12.6 Å². The second-order valence-electron chi connectivity index (χ2n) is 4.27. The SMILES string of the molecule is CCOC(=O)C1Cc2c(F)c(N)c(N)c(F)c2C1. The summed E-state index contributed by atoms with van der Waals surface area (Å²) in [4.78, 5) is 11.6. The zero-order valence-electron chi connectivity index (χ0n) is 9.93. The number of ether oxygens (including phenoxy) is 1. The molecule has 0 saturated carbocycles. The molecular formula is C12H14F2N2O2. The van der Waals surface area contributed by atoms with Gasteiger partial charge in [0, 0.05) is 0 Å². The van der Waals surface area contributed by atoms with Crippen molar-refractivity contribution in [2.75, 3.05) is 18.1 Å². The summed E-state index contributed by atoms with van der Waals surface area (Å²) >= 11 is 0. The average Bonchev–Trinajstić information content (AvgIpc) is 2.79. The van der Waals surface area contributed by atoms with Gasteiger partial charge in [-0.2, -0.15) is 0 Å². The second kappa shape index (κ2) is 4.44. The monoisotopic (exact) mass is 256 g/mol. The molecule has 4 nitrogen and oxygen atoms in total. The lowest BCUT2D eigenvalue weighted by atomic mass is 10.1. The van der Waals surface area contributed by atoms with Crippen molar-refractivity contribution in [1.29, 1.82) is 0 Å². The summed E-state index contributed by atoms with van der Waals surface area (Å²) in [7, 11) is 0. The van der Waals surface area contributed by atoms with Gasteiger partial charge in [-0.1, -0.05) is 0 Å². The van der Waals surface area contributed by atoms with Gasteiger partial charge in [-0.05, 0) is 30.9 Å². The van der Waals surface area contributed by atoms with Crippen LogP contribution < -0.4 is 11.5 Å². The number of carbonyl (C=O) groups excluding carboxylic acids is 1.